The molecule has 3 aliphatic heterocycles. The molecule has 0 aromatic heterocycles. The lowest BCUT2D eigenvalue weighted by atomic mass is 9.71. The monoisotopic (exact) mass is 788 g/mol. The third-order valence-corrected chi connectivity index (χ3v) is 12.0. The number of hydrogen-bond acceptors (Lipinski definition) is 8. The summed E-state index contributed by atoms with van der Waals surface area (Å²) in [6.45, 7) is 8.22. The van der Waals surface area contributed by atoms with E-state index in [0.717, 1.165) is 89.3 Å². The molecule has 13 heteroatoms. The maximum atomic E-state index is 14.0. The van der Waals surface area contributed by atoms with Gasteiger partial charge in [0.05, 0.1) is 50.0 Å². The van der Waals surface area contributed by atoms with Gasteiger partial charge in [0.25, 0.3) is 5.91 Å². The van der Waals surface area contributed by atoms with E-state index in [9.17, 15) is 9.59 Å². The molecule has 2 amide bonds. The zero-order valence-corrected chi connectivity index (χ0v) is 33.2. The van der Waals surface area contributed by atoms with Crippen molar-refractivity contribution < 1.29 is 28.5 Å². The topological polar surface area (TPSA) is 92.8 Å². The molecule has 10 nitrogen and oxygen atoms in total. The first-order valence-corrected chi connectivity index (χ1v) is 18.9. The van der Waals surface area contributed by atoms with Crippen LogP contribution >= 0.6 is 35.6 Å². The second kappa shape index (κ2) is 18.4. The van der Waals surface area contributed by atoms with E-state index in [2.05, 4.69) is 27.2 Å². The minimum atomic E-state index is -0.582. The number of carbonyl (C=O) groups is 2. The molecule has 3 aromatic rings. The normalized spacial score (nSPS) is 20.4. The Hall–Kier alpha value is -3.25. The van der Waals surface area contributed by atoms with Crippen molar-refractivity contribution in [3.8, 4) is 17.2 Å². The quantitative estimate of drug-likeness (QED) is 0.223. The fraction of sp³-hybridized carbons (Fsp3) is 0.500. The van der Waals surface area contributed by atoms with Gasteiger partial charge in [-0.2, -0.15) is 0 Å². The van der Waals surface area contributed by atoms with Crippen molar-refractivity contribution in [2.45, 2.75) is 36.5 Å². The van der Waals surface area contributed by atoms with Gasteiger partial charge in [-0.1, -0.05) is 59.6 Å². The smallest absolute Gasteiger partial charge is 0.254 e. The van der Waals surface area contributed by atoms with Gasteiger partial charge in [0.2, 0.25) is 11.7 Å². The second-order valence-corrected chi connectivity index (χ2v) is 14.9. The van der Waals surface area contributed by atoms with Gasteiger partial charge < -0.3 is 34.1 Å². The Bertz CT molecular complexity index is 1680. The molecular formula is C40H51Cl3N4O6. The fourth-order valence-corrected chi connectivity index (χ4v) is 8.40. The van der Waals surface area contributed by atoms with Gasteiger partial charge in [-0.25, -0.2) is 0 Å². The van der Waals surface area contributed by atoms with Crippen molar-refractivity contribution in [2.75, 3.05) is 93.4 Å². The van der Waals surface area contributed by atoms with Gasteiger partial charge in [-0.05, 0) is 80.7 Å². The lowest BCUT2D eigenvalue weighted by Crippen LogP contribution is -2.53. The molecule has 1 atom stereocenters. The molecule has 3 aromatic carbocycles. The van der Waals surface area contributed by atoms with Crippen LogP contribution in [0.5, 0.6) is 17.2 Å². The molecule has 0 aliphatic carbocycles. The fourth-order valence-electron chi connectivity index (χ4n) is 8.10. The number of nitrogens with one attached hydrogen (secondary N) is 1. The van der Waals surface area contributed by atoms with Crippen molar-refractivity contribution in [3.63, 3.8) is 0 Å². The first-order valence-electron chi connectivity index (χ1n) is 18.1. The molecule has 3 heterocycles. The summed E-state index contributed by atoms with van der Waals surface area (Å²) in [5.74, 6) is 1.31. The Balaban J connectivity index is 0.00000541. The number of ether oxygens (including phenoxy) is 4. The Labute approximate surface area is 329 Å². The van der Waals surface area contributed by atoms with Gasteiger partial charge in [-0.3, -0.25) is 14.5 Å². The average molecular weight is 790 g/mol. The Morgan fingerprint density at radius 3 is 2.06 bits per heavy atom. The van der Waals surface area contributed by atoms with Gasteiger partial charge in [-0.15, -0.1) is 12.4 Å². The van der Waals surface area contributed by atoms with Gasteiger partial charge in [0.1, 0.15) is 0 Å². The number of amides is 2. The number of methoxy groups -OCH3 is 3. The molecule has 0 radical (unpaired) electrons. The summed E-state index contributed by atoms with van der Waals surface area (Å²) in [5, 5.41) is 4.29. The largest absolute Gasteiger partial charge is 0.493 e. The first-order chi connectivity index (χ1) is 25.2. The van der Waals surface area contributed by atoms with E-state index in [4.69, 9.17) is 42.1 Å². The van der Waals surface area contributed by atoms with Gasteiger partial charge in [0.15, 0.2) is 11.5 Å². The highest BCUT2D eigenvalue weighted by Gasteiger charge is 2.45. The van der Waals surface area contributed by atoms with Crippen LogP contribution in [0.2, 0.25) is 10.0 Å². The number of morpholine rings is 1. The molecule has 288 valence electrons. The number of benzene rings is 3. The average Bonchev–Trinajstić information content (AvgIpc) is 3.63. The molecule has 53 heavy (non-hydrogen) atoms. The third-order valence-electron chi connectivity index (χ3n) is 11.3. The van der Waals surface area contributed by atoms with Crippen molar-refractivity contribution in [3.05, 3.63) is 87.4 Å². The first kappa shape index (κ1) is 40.9. The second-order valence-electron chi connectivity index (χ2n) is 14.0. The van der Waals surface area contributed by atoms with E-state index in [1.54, 1.807) is 33.5 Å². The lowest BCUT2D eigenvalue weighted by molar-refractivity contribution is -0.128. The molecule has 6 rings (SSSR count). The van der Waals surface area contributed by atoms with Crippen LogP contribution in [0.3, 0.4) is 0 Å². The number of rotatable bonds is 13. The summed E-state index contributed by atoms with van der Waals surface area (Å²) in [5.41, 5.74) is 1.69. The zero-order valence-electron chi connectivity index (χ0n) is 30.8. The Morgan fingerprint density at radius 1 is 0.774 bits per heavy atom. The van der Waals surface area contributed by atoms with E-state index in [-0.39, 0.29) is 29.6 Å². The highest BCUT2D eigenvalue weighted by atomic mass is 35.5. The lowest BCUT2D eigenvalue weighted by Gasteiger charge is -2.42. The minimum absolute atomic E-state index is 0. The highest BCUT2D eigenvalue weighted by Crippen LogP contribution is 2.43. The SMILES string of the molecule is COc1cc(C(=O)N2CCC(CCN3CCC(C(=O)NCCN4CCOCC4)(c4ccccc4)CC3)(c3ccc(Cl)c(Cl)c3)C2)cc(OC)c1OC.Cl. The number of carbonyl (C=O) groups excluding carboxylic acids is 2. The van der Waals surface area contributed by atoms with Crippen LogP contribution in [0.4, 0.5) is 0 Å². The van der Waals surface area contributed by atoms with Crippen LogP contribution < -0.4 is 19.5 Å². The molecule has 3 fully saturated rings. The van der Waals surface area contributed by atoms with Crippen molar-refractivity contribution in [1.29, 1.82) is 0 Å². The third kappa shape index (κ3) is 9.01. The summed E-state index contributed by atoms with van der Waals surface area (Å²) in [4.78, 5) is 34.8. The molecular weight excluding hydrogens is 739 g/mol. The summed E-state index contributed by atoms with van der Waals surface area (Å²) < 4.78 is 22.0. The minimum Gasteiger partial charge on any atom is -0.493 e. The summed E-state index contributed by atoms with van der Waals surface area (Å²) in [7, 11) is 4.63. The maximum Gasteiger partial charge on any atom is 0.254 e. The van der Waals surface area contributed by atoms with Crippen molar-refractivity contribution in [1.82, 2.24) is 20.0 Å². The standard InChI is InChI=1S/C40H50Cl2N4O6.ClH/c1-49-34-25-29(26-35(50-2)36(34)51-3)37(47)46-19-12-39(28-46,31-9-10-32(41)33(42)27-31)11-16-44-17-13-40(14-18-44,30-7-5-4-6-8-30)38(48)43-15-20-45-21-23-52-24-22-45;/h4-10,25-27H,11-24,28H2,1-3H3,(H,43,48);1H. The van der Waals surface area contributed by atoms with Crippen LogP contribution in [0, 0.1) is 0 Å². The highest BCUT2D eigenvalue weighted by molar-refractivity contribution is 6.42. The number of halogens is 3. The zero-order chi connectivity index (χ0) is 36.7. The summed E-state index contributed by atoms with van der Waals surface area (Å²) >= 11 is 13.0. The summed E-state index contributed by atoms with van der Waals surface area (Å²) in [6.07, 6.45) is 3.04. The van der Waals surface area contributed by atoms with E-state index < -0.39 is 5.41 Å². The molecule has 0 bridgehead atoms. The molecule has 0 saturated carbocycles. The van der Waals surface area contributed by atoms with Gasteiger partial charge >= 0.3 is 0 Å². The Kier molecular flexibility index (Phi) is 14.2. The van der Waals surface area contributed by atoms with Crippen LogP contribution in [0.15, 0.2) is 60.7 Å². The molecule has 3 aliphatic rings. The predicted octanol–water partition coefficient (Wildman–Crippen LogP) is 6.10. The summed E-state index contributed by atoms with van der Waals surface area (Å²) in [6, 6.07) is 19.5. The number of nitrogens with zero attached hydrogens (tertiary/aromatic N) is 3. The molecule has 3 saturated heterocycles. The van der Waals surface area contributed by atoms with E-state index in [1.807, 2.05) is 41.3 Å². The van der Waals surface area contributed by atoms with Crippen LogP contribution in [0.1, 0.15) is 47.2 Å². The molecule has 0 spiro atoms. The number of piperidine rings is 1. The number of hydrogen-bond donors (Lipinski definition) is 1. The van der Waals surface area contributed by atoms with Crippen molar-refractivity contribution in [2.24, 2.45) is 0 Å². The van der Waals surface area contributed by atoms with Crippen LogP contribution in [-0.2, 0) is 20.4 Å². The Morgan fingerprint density at radius 2 is 1.43 bits per heavy atom. The van der Waals surface area contributed by atoms with E-state index in [0.29, 0.717) is 52.5 Å². The predicted molar refractivity (Wildman–Crippen MR) is 211 cm³/mol. The van der Waals surface area contributed by atoms with Crippen LogP contribution in [0.25, 0.3) is 0 Å². The van der Waals surface area contributed by atoms with E-state index >= 15 is 0 Å². The van der Waals surface area contributed by atoms with Crippen molar-refractivity contribution >= 4 is 47.4 Å². The molecule has 1 N–H and O–H groups in total. The van der Waals surface area contributed by atoms with Gasteiger partial charge in [0, 0.05) is 50.2 Å². The molecule has 1 unspecified atom stereocenters. The maximum absolute atomic E-state index is 14.0. The van der Waals surface area contributed by atoms with Crippen LogP contribution in [-0.4, -0.2) is 120 Å². The van der Waals surface area contributed by atoms with E-state index in [1.165, 1.54) is 0 Å². The number of likely N-dealkylation sites (tertiary alicyclic amines) is 2.